The normalized spacial score (nSPS) is 20.1. The predicted octanol–water partition coefficient (Wildman–Crippen LogP) is 1.64. The van der Waals surface area contributed by atoms with Crippen LogP contribution in [0.5, 0.6) is 0 Å². The molecule has 112 valence electrons. The van der Waals surface area contributed by atoms with Crippen LogP contribution in [0.2, 0.25) is 0 Å². The second-order valence-electron chi connectivity index (χ2n) is 5.27. The Morgan fingerprint density at radius 3 is 2.90 bits per heavy atom. The van der Waals surface area contributed by atoms with Crippen molar-refractivity contribution < 1.29 is 9.47 Å². The molecule has 1 aromatic carbocycles. The largest absolute Gasteiger partial charge is 0.377 e. The number of rotatable bonds is 8. The van der Waals surface area contributed by atoms with E-state index >= 15 is 0 Å². The van der Waals surface area contributed by atoms with Crippen LogP contribution < -0.4 is 5.73 Å². The average Bonchev–Trinajstić information content (AvgIpc) is 2.52. The molecule has 1 aliphatic heterocycles. The Morgan fingerprint density at radius 1 is 1.25 bits per heavy atom. The Balaban J connectivity index is 1.49. The van der Waals surface area contributed by atoms with Gasteiger partial charge in [-0.15, -0.1) is 0 Å². The Morgan fingerprint density at radius 2 is 2.10 bits per heavy atom. The van der Waals surface area contributed by atoms with Crippen LogP contribution in [-0.2, 0) is 16.1 Å². The monoisotopic (exact) mass is 278 g/mol. The van der Waals surface area contributed by atoms with Crippen molar-refractivity contribution in [3.8, 4) is 0 Å². The lowest BCUT2D eigenvalue weighted by Crippen LogP contribution is -2.45. The fraction of sp³-hybridized carbons (Fsp3) is 0.625. The van der Waals surface area contributed by atoms with E-state index in [1.54, 1.807) is 0 Å². The minimum atomic E-state index is 0.220. The van der Waals surface area contributed by atoms with Gasteiger partial charge in [-0.05, 0) is 24.9 Å². The number of unbranched alkanes of at least 4 members (excludes halogenated alkanes) is 1. The number of ether oxygens (including phenoxy) is 2. The highest BCUT2D eigenvalue weighted by Gasteiger charge is 2.18. The van der Waals surface area contributed by atoms with E-state index in [9.17, 15) is 0 Å². The van der Waals surface area contributed by atoms with Gasteiger partial charge in [-0.25, -0.2) is 0 Å². The standard InChI is InChI=1S/C16H26N2O2/c17-12-16-13-18(9-11-20-16)8-4-5-10-19-14-15-6-2-1-3-7-15/h1-3,6-7,16H,4-5,8-14,17H2/t16-/m0/s1. The summed E-state index contributed by atoms with van der Waals surface area (Å²) in [7, 11) is 0. The number of hydrogen-bond acceptors (Lipinski definition) is 4. The summed E-state index contributed by atoms with van der Waals surface area (Å²) in [6.45, 7) is 6.10. The van der Waals surface area contributed by atoms with Crippen molar-refractivity contribution in [2.24, 2.45) is 5.73 Å². The number of benzene rings is 1. The van der Waals surface area contributed by atoms with E-state index in [2.05, 4.69) is 17.0 Å². The van der Waals surface area contributed by atoms with E-state index in [1.165, 1.54) is 12.0 Å². The highest BCUT2D eigenvalue weighted by molar-refractivity contribution is 5.13. The lowest BCUT2D eigenvalue weighted by molar-refractivity contribution is -0.0240. The van der Waals surface area contributed by atoms with Crippen LogP contribution in [0.25, 0.3) is 0 Å². The maximum absolute atomic E-state index is 5.69. The van der Waals surface area contributed by atoms with Crippen LogP contribution in [0.15, 0.2) is 30.3 Å². The molecule has 0 bridgehead atoms. The first-order valence-electron chi connectivity index (χ1n) is 7.54. The highest BCUT2D eigenvalue weighted by Crippen LogP contribution is 2.06. The molecule has 1 heterocycles. The summed E-state index contributed by atoms with van der Waals surface area (Å²) in [6, 6.07) is 10.3. The Labute approximate surface area is 121 Å². The third kappa shape index (κ3) is 5.59. The van der Waals surface area contributed by atoms with Gasteiger partial charge in [0, 0.05) is 26.2 Å². The zero-order valence-corrected chi connectivity index (χ0v) is 12.2. The molecule has 0 unspecified atom stereocenters. The quantitative estimate of drug-likeness (QED) is 0.735. The van der Waals surface area contributed by atoms with E-state index in [-0.39, 0.29) is 6.10 Å². The first-order chi connectivity index (χ1) is 9.88. The molecule has 1 fully saturated rings. The van der Waals surface area contributed by atoms with Crippen molar-refractivity contribution in [3.05, 3.63) is 35.9 Å². The van der Waals surface area contributed by atoms with Crippen molar-refractivity contribution in [2.75, 3.05) is 39.4 Å². The van der Waals surface area contributed by atoms with Gasteiger partial charge in [0.2, 0.25) is 0 Å². The summed E-state index contributed by atoms with van der Waals surface area (Å²) in [5, 5.41) is 0. The van der Waals surface area contributed by atoms with Gasteiger partial charge in [-0.2, -0.15) is 0 Å². The van der Waals surface area contributed by atoms with Gasteiger partial charge >= 0.3 is 0 Å². The molecule has 1 saturated heterocycles. The highest BCUT2D eigenvalue weighted by atomic mass is 16.5. The van der Waals surface area contributed by atoms with Gasteiger partial charge in [0.05, 0.1) is 19.3 Å². The minimum Gasteiger partial charge on any atom is -0.377 e. The lowest BCUT2D eigenvalue weighted by atomic mass is 10.2. The summed E-state index contributed by atoms with van der Waals surface area (Å²) < 4.78 is 11.2. The molecule has 1 aliphatic rings. The van der Waals surface area contributed by atoms with Crippen molar-refractivity contribution >= 4 is 0 Å². The molecule has 0 aromatic heterocycles. The van der Waals surface area contributed by atoms with Gasteiger partial charge in [-0.3, -0.25) is 4.90 Å². The molecular weight excluding hydrogens is 252 g/mol. The molecule has 4 heteroatoms. The van der Waals surface area contributed by atoms with Gasteiger partial charge in [0.25, 0.3) is 0 Å². The first kappa shape index (κ1) is 15.4. The maximum atomic E-state index is 5.69. The fourth-order valence-corrected chi connectivity index (χ4v) is 2.43. The van der Waals surface area contributed by atoms with E-state index in [4.69, 9.17) is 15.2 Å². The second-order valence-corrected chi connectivity index (χ2v) is 5.27. The average molecular weight is 278 g/mol. The fourth-order valence-electron chi connectivity index (χ4n) is 2.43. The minimum absolute atomic E-state index is 0.220. The number of nitrogens with two attached hydrogens (primary N) is 1. The third-order valence-corrected chi connectivity index (χ3v) is 3.61. The predicted molar refractivity (Wildman–Crippen MR) is 80.6 cm³/mol. The van der Waals surface area contributed by atoms with Crippen LogP contribution in [0.4, 0.5) is 0 Å². The Hall–Kier alpha value is -0.940. The topological polar surface area (TPSA) is 47.7 Å². The molecule has 2 rings (SSSR count). The molecule has 0 radical (unpaired) electrons. The molecular formula is C16H26N2O2. The van der Waals surface area contributed by atoms with Crippen molar-refractivity contribution in [1.82, 2.24) is 4.90 Å². The summed E-state index contributed by atoms with van der Waals surface area (Å²) in [5.41, 5.74) is 6.89. The van der Waals surface area contributed by atoms with Gasteiger partial charge in [0.1, 0.15) is 0 Å². The van der Waals surface area contributed by atoms with Crippen LogP contribution in [0.3, 0.4) is 0 Å². The molecule has 1 atom stereocenters. The molecule has 4 nitrogen and oxygen atoms in total. The molecule has 1 aromatic rings. The number of hydrogen-bond donors (Lipinski definition) is 1. The number of morpholine rings is 1. The van der Waals surface area contributed by atoms with Crippen LogP contribution in [0.1, 0.15) is 18.4 Å². The second kappa shape index (κ2) is 9.08. The SMILES string of the molecule is NC[C@H]1CN(CCCCOCc2ccccc2)CCO1. The summed E-state index contributed by atoms with van der Waals surface area (Å²) >= 11 is 0. The van der Waals surface area contributed by atoms with Crippen molar-refractivity contribution in [2.45, 2.75) is 25.6 Å². The smallest absolute Gasteiger partial charge is 0.0824 e. The van der Waals surface area contributed by atoms with Gasteiger partial charge in [-0.1, -0.05) is 30.3 Å². The van der Waals surface area contributed by atoms with Crippen LogP contribution >= 0.6 is 0 Å². The Kier molecular flexibility index (Phi) is 7.01. The summed E-state index contributed by atoms with van der Waals surface area (Å²) in [6.07, 6.45) is 2.50. The zero-order valence-electron chi connectivity index (χ0n) is 12.2. The van der Waals surface area contributed by atoms with Crippen LogP contribution in [0, 0.1) is 0 Å². The zero-order chi connectivity index (χ0) is 14.0. The van der Waals surface area contributed by atoms with Crippen LogP contribution in [-0.4, -0.2) is 50.4 Å². The van der Waals surface area contributed by atoms with Gasteiger partial charge in [0.15, 0.2) is 0 Å². The van der Waals surface area contributed by atoms with E-state index in [0.29, 0.717) is 13.2 Å². The molecule has 20 heavy (non-hydrogen) atoms. The van der Waals surface area contributed by atoms with E-state index in [1.807, 2.05) is 18.2 Å². The molecule has 0 aliphatic carbocycles. The third-order valence-electron chi connectivity index (χ3n) is 3.61. The Bertz CT molecular complexity index is 359. The van der Waals surface area contributed by atoms with Gasteiger partial charge < -0.3 is 15.2 Å². The maximum Gasteiger partial charge on any atom is 0.0824 e. The number of nitrogens with zero attached hydrogens (tertiary/aromatic N) is 1. The summed E-state index contributed by atoms with van der Waals surface area (Å²) in [4.78, 5) is 2.44. The first-order valence-corrected chi connectivity index (χ1v) is 7.54. The molecule has 0 amide bonds. The molecule has 0 spiro atoms. The molecule has 2 N–H and O–H groups in total. The van der Waals surface area contributed by atoms with Crippen molar-refractivity contribution in [3.63, 3.8) is 0 Å². The van der Waals surface area contributed by atoms with Crippen molar-refractivity contribution in [1.29, 1.82) is 0 Å². The van der Waals surface area contributed by atoms with E-state index in [0.717, 1.165) is 39.3 Å². The lowest BCUT2D eigenvalue weighted by Gasteiger charge is -2.32. The summed E-state index contributed by atoms with van der Waals surface area (Å²) in [5.74, 6) is 0. The van der Waals surface area contributed by atoms with E-state index < -0.39 is 0 Å². The molecule has 0 saturated carbocycles.